The number of aliphatic hydroxyl groups is 1. The Bertz CT molecular complexity index is 276. The van der Waals surface area contributed by atoms with E-state index in [4.69, 9.17) is 9.47 Å². The van der Waals surface area contributed by atoms with Gasteiger partial charge in [0.1, 0.15) is 0 Å². The van der Waals surface area contributed by atoms with Crippen LogP contribution in [-0.4, -0.2) is 74.8 Å². The average molecular weight is 302 g/mol. The Hall–Kier alpha value is -0.200. The van der Waals surface area contributed by atoms with Gasteiger partial charge < -0.3 is 19.9 Å². The van der Waals surface area contributed by atoms with Crippen LogP contribution in [0.5, 0.6) is 0 Å². The highest BCUT2D eigenvalue weighted by atomic mass is 16.5. The van der Waals surface area contributed by atoms with E-state index in [1.54, 1.807) is 14.2 Å². The Kier molecular flexibility index (Phi) is 8.74. The van der Waals surface area contributed by atoms with Crippen LogP contribution in [0.3, 0.4) is 0 Å². The van der Waals surface area contributed by atoms with Gasteiger partial charge in [-0.05, 0) is 25.7 Å². The van der Waals surface area contributed by atoms with E-state index in [0.29, 0.717) is 12.1 Å². The Balaban J connectivity index is 2.57. The fourth-order valence-electron chi connectivity index (χ4n) is 3.44. The van der Waals surface area contributed by atoms with Gasteiger partial charge in [-0.2, -0.15) is 0 Å². The first kappa shape index (κ1) is 18.8. The van der Waals surface area contributed by atoms with Crippen molar-refractivity contribution in [2.45, 2.75) is 57.2 Å². The summed E-state index contributed by atoms with van der Waals surface area (Å²) in [5, 5.41) is 13.4. The monoisotopic (exact) mass is 302 g/mol. The molecule has 0 bridgehead atoms. The molecule has 1 aliphatic rings. The van der Waals surface area contributed by atoms with Crippen molar-refractivity contribution in [3.8, 4) is 0 Å². The second-order valence-electron chi connectivity index (χ2n) is 6.51. The summed E-state index contributed by atoms with van der Waals surface area (Å²) >= 11 is 0. The molecule has 1 fully saturated rings. The minimum absolute atomic E-state index is 0.106. The summed E-state index contributed by atoms with van der Waals surface area (Å²) in [5.74, 6) is 0. The maximum Gasteiger partial charge on any atom is 0.0614 e. The van der Waals surface area contributed by atoms with Crippen LogP contribution in [0.15, 0.2) is 0 Å². The molecule has 5 heteroatoms. The van der Waals surface area contributed by atoms with Crippen molar-refractivity contribution < 1.29 is 14.6 Å². The van der Waals surface area contributed by atoms with Gasteiger partial charge in [-0.1, -0.05) is 13.8 Å². The van der Waals surface area contributed by atoms with Crippen molar-refractivity contribution in [1.29, 1.82) is 0 Å². The second-order valence-corrected chi connectivity index (χ2v) is 6.51. The Labute approximate surface area is 130 Å². The number of rotatable bonds is 11. The predicted octanol–water partition coefficient (Wildman–Crippen LogP) is 1.25. The van der Waals surface area contributed by atoms with E-state index in [2.05, 4.69) is 24.1 Å². The van der Waals surface area contributed by atoms with Gasteiger partial charge >= 0.3 is 0 Å². The van der Waals surface area contributed by atoms with E-state index >= 15 is 0 Å². The highest BCUT2D eigenvalue weighted by Gasteiger charge is 2.40. The molecule has 0 saturated heterocycles. The van der Waals surface area contributed by atoms with Gasteiger partial charge in [0, 0.05) is 51.5 Å². The molecule has 0 spiro atoms. The summed E-state index contributed by atoms with van der Waals surface area (Å²) in [6, 6.07) is 0.923. The predicted molar refractivity (Wildman–Crippen MR) is 85.7 cm³/mol. The lowest BCUT2D eigenvalue weighted by Gasteiger charge is -2.33. The first-order chi connectivity index (χ1) is 10.1. The highest BCUT2D eigenvalue weighted by Crippen LogP contribution is 2.33. The normalized spacial score (nSPS) is 26.1. The van der Waals surface area contributed by atoms with E-state index in [0.717, 1.165) is 52.0 Å². The minimum Gasteiger partial charge on any atom is -0.394 e. The van der Waals surface area contributed by atoms with Crippen LogP contribution in [0.1, 0.15) is 39.5 Å². The van der Waals surface area contributed by atoms with E-state index in [-0.39, 0.29) is 12.1 Å². The number of methoxy groups -OCH3 is 2. The highest BCUT2D eigenvalue weighted by molar-refractivity contribution is 5.00. The number of ether oxygens (including phenoxy) is 2. The molecule has 0 radical (unpaired) electrons. The first-order valence-corrected chi connectivity index (χ1v) is 8.17. The van der Waals surface area contributed by atoms with Gasteiger partial charge in [0.15, 0.2) is 0 Å². The van der Waals surface area contributed by atoms with Crippen LogP contribution in [0.4, 0.5) is 0 Å². The number of nitrogens with zero attached hydrogens (tertiary/aromatic N) is 1. The molecule has 0 amide bonds. The summed E-state index contributed by atoms with van der Waals surface area (Å²) in [6.45, 7) is 8.05. The molecule has 1 rings (SSSR count). The fraction of sp³-hybridized carbons (Fsp3) is 1.00. The molecule has 0 aromatic carbocycles. The van der Waals surface area contributed by atoms with E-state index in [1.165, 1.54) is 0 Å². The van der Waals surface area contributed by atoms with Crippen LogP contribution in [0.2, 0.25) is 0 Å². The summed E-state index contributed by atoms with van der Waals surface area (Å²) in [6.07, 6.45) is 4.23. The van der Waals surface area contributed by atoms with Crippen molar-refractivity contribution in [1.82, 2.24) is 10.2 Å². The zero-order chi connectivity index (χ0) is 15.7. The first-order valence-electron chi connectivity index (χ1n) is 8.17. The summed E-state index contributed by atoms with van der Waals surface area (Å²) in [5.41, 5.74) is -0.106. The van der Waals surface area contributed by atoms with Crippen LogP contribution < -0.4 is 5.32 Å². The zero-order valence-electron chi connectivity index (χ0n) is 14.2. The van der Waals surface area contributed by atoms with E-state index in [9.17, 15) is 5.11 Å². The van der Waals surface area contributed by atoms with Gasteiger partial charge in [-0.15, -0.1) is 0 Å². The standard InChI is InChI=1S/C16H34N2O3/c1-14(2)17-16(13-19)7-6-15(12-16)18(9-11-21-4)8-5-10-20-3/h14-15,17,19H,5-13H2,1-4H3. The number of hydrogen-bond acceptors (Lipinski definition) is 5. The molecule has 126 valence electrons. The van der Waals surface area contributed by atoms with Gasteiger partial charge in [0.25, 0.3) is 0 Å². The molecule has 0 heterocycles. The lowest BCUT2D eigenvalue weighted by Crippen LogP contribution is -2.51. The number of aliphatic hydroxyl groups excluding tert-OH is 1. The van der Waals surface area contributed by atoms with Crippen LogP contribution in [0, 0.1) is 0 Å². The molecule has 0 aromatic rings. The van der Waals surface area contributed by atoms with Gasteiger partial charge in [-0.3, -0.25) is 4.90 Å². The summed E-state index contributed by atoms with van der Waals surface area (Å²) in [4.78, 5) is 2.50. The van der Waals surface area contributed by atoms with Crippen molar-refractivity contribution in [3.05, 3.63) is 0 Å². The number of hydrogen-bond donors (Lipinski definition) is 2. The molecule has 2 unspecified atom stereocenters. The maximum absolute atomic E-state index is 9.83. The van der Waals surface area contributed by atoms with Crippen molar-refractivity contribution >= 4 is 0 Å². The molecular weight excluding hydrogens is 268 g/mol. The molecule has 2 N–H and O–H groups in total. The third-order valence-electron chi connectivity index (χ3n) is 4.37. The van der Waals surface area contributed by atoms with Crippen LogP contribution in [0.25, 0.3) is 0 Å². The van der Waals surface area contributed by atoms with Crippen molar-refractivity contribution in [2.75, 3.05) is 47.1 Å². The molecule has 2 atom stereocenters. The summed E-state index contributed by atoms with van der Waals surface area (Å²) in [7, 11) is 3.50. The molecule has 0 aromatic heterocycles. The van der Waals surface area contributed by atoms with E-state index < -0.39 is 0 Å². The largest absolute Gasteiger partial charge is 0.394 e. The molecule has 5 nitrogen and oxygen atoms in total. The quantitative estimate of drug-likeness (QED) is 0.563. The number of nitrogens with one attached hydrogen (secondary N) is 1. The zero-order valence-corrected chi connectivity index (χ0v) is 14.2. The van der Waals surface area contributed by atoms with Crippen LogP contribution >= 0.6 is 0 Å². The molecule has 21 heavy (non-hydrogen) atoms. The lowest BCUT2D eigenvalue weighted by molar-refractivity contribution is 0.0967. The fourth-order valence-corrected chi connectivity index (χ4v) is 3.44. The third kappa shape index (κ3) is 6.20. The van der Waals surface area contributed by atoms with Crippen molar-refractivity contribution in [2.24, 2.45) is 0 Å². The minimum atomic E-state index is -0.106. The molecule has 1 aliphatic carbocycles. The van der Waals surface area contributed by atoms with Crippen LogP contribution in [-0.2, 0) is 9.47 Å². The Morgan fingerprint density at radius 1 is 1.24 bits per heavy atom. The maximum atomic E-state index is 9.83. The van der Waals surface area contributed by atoms with Gasteiger partial charge in [0.2, 0.25) is 0 Å². The lowest BCUT2D eigenvalue weighted by atomic mass is 9.97. The van der Waals surface area contributed by atoms with Gasteiger partial charge in [-0.25, -0.2) is 0 Å². The Morgan fingerprint density at radius 3 is 2.52 bits per heavy atom. The Morgan fingerprint density at radius 2 is 1.95 bits per heavy atom. The second kappa shape index (κ2) is 9.74. The molecule has 0 aliphatic heterocycles. The molecule has 1 saturated carbocycles. The third-order valence-corrected chi connectivity index (χ3v) is 4.37. The van der Waals surface area contributed by atoms with Gasteiger partial charge in [0.05, 0.1) is 13.2 Å². The van der Waals surface area contributed by atoms with Crippen molar-refractivity contribution in [3.63, 3.8) is 0 Å². The molecular formula is C16H34N2O3. The summed E-state index contributed by atoms with van der Waals surface area (Å²) < 4.78 is 10.4. The topological polar surface area (TPSA) is 54.0 Å². The van der Waals surface area contributed by atoms with E-state index in [1.807, 2.05) is 0 Å². The smallest absolute Gasteiger partial charge is 0.0614 e. The SMILES string of the molecule is COCCCN(CCOC)C1CCC(CO)(NC(C)C)C1. The average Bonchev–Trinajstić information content (AvgIpc) is 2.86.